The first-order chi connectivity index (χ1) is 8.74. The van der Waals surface area contributed by atoms with Crippen LogP contribution in [0.1, 0.15) is 43.0 Å². The predicted octanol–water partition coefficient (Wildman–Crippen LogP) is 3.58. The number of hydrogen-bond donors (Lipinski definition) is 1. The third-order valence-electron chi connectivity index (χ3n) is 3.67. The van der Waals surface area contributed by atoms with Crippen LogP contribution in [0.2, 0.25) is 0 Å². The molecule has 0 unspecified atom stereocenters. The Morgan fingerprint density at radius 1 is 1.28 bits per heavy atom. The van der Waals surface area contributed by atoms with Crippen molar-refractivity contribution in [3.8, 4) is 11.4 Å². The van der Waals surface area contributed by atoms with E-state index in [2.05, 4.69) is 15.2 Å². The van der Waals surface area contributed by atoms with Crippen LogP contribution in [0.25, 0.3) is 11.4 Å². The van der Waals surface area contributed by atoms with Crippen LogP contribution in [0.3, 0.4) is 0 Å². The smallest absolute Gasteiger partial charge is 0.181 e. The highest BCUT2D eigenvalue weighted by Gasteiger charge is 2.20. The standard InChI is InChI=1S/C14H16FN3/c1-9-6-7-11(8-12(9)15)14-16-13(17-18-14)10-4-2-3-5-10/h6-8,10H,2-5H2,1H3,(H,16,17,18). The summed E-state index contributed by atoms with van der Waals surface area (Å²) in [6.45, 7) is 1.75. The van der Waals surface area contributed by atoms with E-state index in [1.165, 1.54) is 31.7 Å². The maximum Gasteiger partial charge on any atom is 0.181 e. The summed E-state index contributed by atoms with van der Waals surface area (Å²) in [7, 11) is 0. The van der Waals surface area contributed by atoms with Crippen molar-refractivity contribution < 1.29 is 4.39 Å². The number of aromatic amines is 1. The molecule has 0 bridgehead atoms. The summed E-state index contributed by atoms with van der Waals surface area (Å²) in [4.78, 5) is 4.50. The normalized spacial score (nSPS) is 16.3. The number of hydrogen-bond acceptors (Lipinski definition) is 2. The van der Waals surface area contributed by atoms with Gasteiger partial charge < -0.3 is 0 Å². The molecule has 0 amide bonds. The molecule has 0 spiro atoms. The van der Waals surface area contributed by atoms with E-state index in [9.17, 15) is 4.39 Å². The summed E-state index contributed by atoms with van der Waals surface area (Å²) in [6.07, 6.45) is 4.88. The fourth-order valence-corrected chi connectivity index (χ4v) is 2.52. The number of nitrogens with one attached hydrogen (secondary N) is 1. The van der Waals surface area contributed by atoms with Gasteiger partial charge in [-0.1, -0.05) is 25.0 Å². The van der Waals surface area contributed by atoms with Crippen molar-refractivity contribution in [2.75, 3.05) is 0 Å². The lowest BCUT2D eigenvalue weighted by Crippen LogP contribution is -1.94. The summed E-state index contributed by atoms with van der Waals surface area (Å²) >= 11 is 0. The zero-order valence-corrected chi connectivity index (χ0v) is 10.4. The van der Waals surface area contributed by atoms with Crippen molar-refractivity contribution in [2.24, 2.45) is 0 Å². The van der Waals surface area contributed by atoms with Gasteiger partial charge in [0.1, 0.15) is 11.6 Å². The lowest BCUT2D eigenvalue weighted by molar-refractivity contribution is 0.619. The molecule has 3 rings (SSSR count). The number of aromatic nitrogens is 3. The molecule has 94 valence electrons. The highest BCUT2D eigenvalue weighted by Crippen LogP contribution is 2.32. The molecule has 1 aliphatic carbocycles. The quantitative estimate of drug-likeness (QED) is 0.878. The first-order valence-corrected chi connectivity index (χ1v) is 6.43. The molecule has 1 fully saturated rings. The number of benzene rings is 1. The summed E-state index contributed by atoms with van der Waals surface area (Å²) < 4.78 is 13.5. The SMILES string of the molecule is Cc1ccc(-c2n[nH]c(C3CCCC3)n2)cc1F. The molecule has 0 aliphatic heterocycles. The molecule has 1 heterocycles. The van der Waals surface area contributed by atoms with Gasteiger partial charge in [0.2, 0.25) is 0 Å². The van der Waals surface area contributed by atoms with Gasteiger partial charge in [-0.05, 0) is 31.4 Å². The average Bonchev–Trinajstić information content (AvgIpc) is 3.01. The van der Waals surface area contributed by atoms with E-state index >= 15 is 0 Å². The molecule has 1 aliphatic rings. The van der Waals surface area contributed by atoms with Crippen LogP contribution in [-0.4, -0.2) is 15.2 Å². The van der Waals surface area contributed by atoms with Crippen LogP contribution < -0.4 is 0 Å². The largest absolute Gasteiger partial charge is 0.262 e. The minimum Gasteiger partial charge on any atom is -0.262 e. The predicted molar refractivity (Wildman–Crippen MR) is 67.7 cm³/mol. The maximum atomic E-state index is 13.5. The van der Waals surface area contributed by atoms with E-state index in [1.807, 2.05) is 6.07 Å². The van der Waals surface area contributed by atoms with E-state index in [0.717, 1.165) is 11.4 Å². The average molecular weight is 245 g/mol. The van der Waals surface area contributed by atoms with Crippen LogP contribution in [0.4, 0.5) is 4.39 Å². The van der Waals surface area contributed by atoms with Gasteiger partial charge in [0.25, 0.3) is 0 Å². The second-order valence-electron chi connectivity index (χ2n) is 4.99. The molecule has 3 nitrogen and oxygen atoms in total. The Kier molecular flexibility index (Phi) is 2.86. The molecule has 4 heteroatoms. The zero-order chi connectivity index (χ0) is 12.5. The number of halogens is 1. The van der Waals surface area contributed by atoms with Crippen molar-refractivity contribution >= 4 is 0 Å². The maximum absolute atomic E-state index is 13.5. The van der Waals surface area contributed by atoms with Gasteiger partial charge in [-0.2, -0.15) is 5.10 Å². The Labute approximate surface area is 105 Å². The molecule has 1 aromatic heterocycles. The number of rotatable bonds is 2. The van der Waals surface area contributed by atoms with Gasteiger partial charge in [0, 0.05) is 11.5 Å². The molecule has 0 radical (unpaired) electrons. The second kappa shape index (κ2) is 4.52. The lowest BCUT2D eigenvalue weighted by atomic mass is 10.1. The molecule has 0 atom stereocenters. The van der Waals surface area contributed by atoms with E-state index in [4.69, 9.17) is 0 Å². The Balaban J connectivity index is 1.89. The van der Waals surface area contributed by atoms with E-state index in [1.54, 1.807) is 13.0 Å². The summed E-state index contributed by atoms with van der Waals surface area (Å²) in [5.74, 6) is 1.83. The fraction of sp³-hybridized carbons (Fsp3) is 0.429. The van der Waals surface area contributed by atoms with Crippen molar-refractivity contribution in [3.63, 3.8) is 0 Å². The molecule has 1 saturated carbocycles. The van der Waals surface area contributed by atoms with Crippen LogP contribution in [-0.2, 0) is 0 Å². The Bertz CT molecular complexity index is 556. The van der Waals surface area contributed by atoms with E-state index in [-0.39, 0.29) is 5.82 Å². The third kappa shape index (κ3) is 2.03. The highest BCUT2D eigenvalue weighted by molar-refractivity contribution is 5.55. The van der Waals surface area contributed by atoms with Gasteiger partial charge in [0.05, 0.1) is 0 Å². The Morgan fingerprint density at radius 2 is 2.06 bits per heavy atom. The van der Waals surface area contributed by atoms with Crippen molar-refractivity contribution in [3.05, 3.63) is 35.4 Å². The van der Waals surface area contributed by atoms with Crippen LogP contribution in [0, 0.1) is 12.7 Å². The van der Waals surface area contributed by atoms with Gasteiger partial charge in [-0.3, -0.25) is 5.10 Å². The lowest BCUT2D eigenvalue weighted by Gasteiger charge is -2.02. The summed E-state index contributed by atoms with van der Waals surface area (Å²) in [5.41, 5.74) is 1.38. The van der Waals surface area contributed by atoms with E-state index < -0.39 is 0 Å². The van der Waals surface area contributed by atoms with Gasteiger partial charge in [-0.15, -0.1) is 0 Å². The Hall–Kier alpha value is -1.71. The highest BCUT2D eigenvalue weighted by atomic mass is 19.1. The van der Waals surface area contributed by atoms with Crippen molar-refractivity contribution in [2.45, 2.75) is 38.5 Å². The minimum atomic E-state index is -0.209. The molecular formula is C14H16FN3. The van der Waals surface area contributed by atoms with Crippen LogP contribution in [0.5, 0.6) is 0 Å². The Morgan fingerprint density at radius 3 is 2.78 bits per heavy atom. The number of aryl methyl sites for hydroxylation is 1. The first-order valence-electron chi connectivity index (χ1n) is 6.43. The number of H-pyrrole nitrogens is 1. The number of nitrogens with zero attached hydrogens (tertiary/aromatic N) is 2. The molecule has 0 saturated heterocycles. The molecular weight excluding hydrogens is 229 g/mol. The molecule has 18 heavy (non-hydrogen) atoms. The first kappa shape index (κ1) is 11.4. The summed E-state index contributed by atoms with van der Waals surface area (Å²) in [5, 5.41) is 7.20. The van der Waals surface area contributed by atoms with Gasteiger partial charge in [0.15, 0.2) is 5.82 Å². The van der Waals surface area contributed by atoms with Gasteiger partial charge in [-0.25, -0.2) is 9.37 Å². The second-order valence-corrected chi connectivity index (χ2v) is 4.99. The fourth-order valence-electron chi connectivity index (χ4n) is 2.52. The van der Waals surface area contributed by atoms with E-state index in [0.29, 0.717) is 17.3 Å². The zero-order valence-electron chi connectivity index (χ0n) is 10.4. The minimum absolute atomic E-state index is 0.209. The molecule has 1 aromatic carbocycles. The summed E-state index contributed by atoms with van der Waals surface area (Å²) in [6, 6.07) is 5.12. The van der Waals surface area contributed by atoms with Crippen molar-refractivity contribution in [1.82, 2.24) is 15.2 Å². The van der Waals surface area contributed by atoms with Crippen LogP contribution >= 0.6 is 0 Å². The third-order valence-corrected chi connectivity index (χ3v) is 3.67. The van der Waals surface area contributed by atoms with Crippen molar-refractivity contribution in [1.29, 1.82) is 0 Å². The topological polar surface area (TPSA) is 41.6 Å². The monoisotopic (exact) mass is 245 g/mol. The van der Waals surface area contributed by atoms with Gasteiger partial charge >= 0.3 is 0 Å². The molecule has 2 aromatic rings. The molecule has 1 N–H and O–H groups in total. The van der Waals surface area contributed by atoms with Crippen LogP contribution in [0.15, 0.2) is 18.2 Å².